The van der Waals surface area contributed by atoms with Crippen molar-refractivity contribution in [2.45, 2.75) is 37.8 Å². The van der Waals surface area contributed by atoms with Crippen molar-refractivity contribution in [2.75, 3.05) is 6.61 Å². The van der Waals surface area contributed by atoms with E-state index in [1.165, 1.54) is 0 Å². The van der Waals surface area contributed by atoms with Crippen LogP contribution in [0, 0.1) is 0 Å². The molecule has 0 amide bonds. The molecule has 120 valence electrons. The van der Waals surface area contributed by atoms with Crippen molar-refractivity contribution in [2.24, 2.45) is 4.99 Å². The van der Waals surface area contributed by atoms with Crippen LogP contribution in [0.1, 0.15) is 24.5 Å². The van der Waals surface area contributed by atoms with Crippen molar-refractivity contribution in [3.8, 4) is 0 Å². The van der Waals surface area contributed by atoms with Crippen LogP contribution >= 0.6 is 0 Å². The van der Waals surface area contributed by atoms with Crippen LogP contribution in [0.3, 0.4) is 0 Å². The Hall–Kier alpha value is -2.13. The van der Waals surface area contributed by atoms with E-state index in [4.69, 9.17) is 4.74 Å². The number of hydrogen-bond donors (Lipinski definition) is 1. The summed E-state index contributed by atoms with van der Waals surface area (Å²) in [5.41, 5.74) is 1.29. The summed E-state index contributed by atoms with van der Waals surface area (Å²) in [4.78, 5) is 4.62. The van der Waals surface area contributed by atoms with Crippen LogP contribution in [0.25, 0.3) is 0 Å². The highest BCUT2D eigenvalue weighted by molar-refractivity contribution is 5.77. The molecule has 2 aromatic rings. The third kappa shape index (κ3) is 3.80. The largest absolute Gasteiger partial charge is 0.479 e. The van der Waals surface area contributed by atoms with E-state index in [1.807, 2.05) is 43.3 Å². The molecule has 0 spiro atoms. The lowest BCUT2D eigenvalue weighted by Gasteiger charge is -2.32. The normalized spacial score (nSPS) is 17.7. The molecule has 0 radical (unpaired) electrons. The van der Waals surface area contributed by atoms with Gasteiger partial charge in [-0.25, -0.2) is 4.99 Å². The molecule has 0 saturated heterocycles. The van der Waals surface area contributed by atoms with Gasteiger partial charge in [0.05, 0.1) is 5.60 Å². The Morgan fingerprint density at radius 3 is 1.96 bits per heavy atom. The lowest BCUT2D eigenvalue weighted by Crippen LogP contribution is -2.46. The fourth-order valence-corrected chi connectivity index (χ4v) is 3.09. The summed E-state index contributed by atoms with van der Waals surface area (Å²) in [6.07, 6.45) is 1.90. The number of rotatable bonds is 6. The maximum absolute atomic E-state index is 11.4. The molecular weight excluding hydrogens is 286 g/mol. The Balaban J connectivity index is 1.87. The van der Waals surface area contributed by atoms with Crippen molar-refractivity contribution < 1.29 is 9.84 Å². The molecule has 1 aliphatic heterocycles. The lowest BCUT2D eigenvalue weighted by molar-refractivity contribution is 0.00799. The number of aliphatic hydroxyl groups is 1. The molecule has 1 N–H and O–H groups in total. The minimum absolute atomic E-state index is 0.224. The molecular formula is C20H23NO2. The van der Waals surface area contributed by atoms with Crippen molar-refractivity contribution in [3.63, 3.8) is 0 Å². The van der Waals surface area contributed by atoms with Gasteiger partial charge in [-0.2, -0.15) is 0 Å². The number of aliphatic imine (C=N–C) groups is 1. The Kier molecular flexibility index (Phi) is 4.77. The summed E-state index contributed by atoms with van der Waals surface area (Å²) in [5.74, 6) is 0.745. The molecule has 0 bridgehead atoms. The van der Waals surface area contributed by atoms with E-state index in [-0.39, 0.29) is 6.04 Å². The van der Waals surface area contributed by atoms with Gasteiger partial charge in [0.25, 0.3) is 0 Å². The summed E-state index contributed by atoms with van der Waals surface area (Å²) in [7, 11) is 0. The topological polar surface area (TPSA) is 41.8 Å². The molecule has 3 heteroatoms. The van der Waals surface area contributed by atoms with E-state index in [0.29, 0.717) is 19.4 Å². The summed E-state index contributed by atoms with van der Waals surface area (Å²) in [6, 6.07) is 20.0. The third-order valence-electron chi connectivity index (χ3n) is 4.34. The Morgan fingerprint density at radius 2 is 1.52 bits per heavy atom. The monoisotopic (exact) mass is 309 g/mol. The highest BCUT2D eigenvalue weighted by Crippen LogP contribution is 2.28. The van der Waals surface area contributed by atoms with Gasteiger partial charge in [0.15, 0.2) is 5.90 Å². The van der Waals surface area contributed by atoms with Gasteiger partial charge in [0, 0.05) is 19.3 Å². The average Bonchev–Trinajstić information content (AvgIpc) is 3.06. The van der Waals surface area contributed by atoms with Crippen LogP contribution in [-0.4, -0.2) is 29.3 Å². The van der Waals surface area contributed by atoms with Crippen LogP contribution < -0.4 is 0 Å². The van der Waals surface area contributed by atoms with Crippen LogP contribution in [-0.2, 0) is 17.6 Å². The second kappa shape index (κ2) is 6.97. The minimum Gasteiger partial charge on any atom is -0.479 e. The summed E-state index contributed by atoms with van der Waals surface area (Å²) in [6.45, 7) is 2.48. The Morgan fingerprint density at radius 1 is 1.00 bits per heavy atom. The maximum atomic E-state index is 11.4. The van der Waals surface area contributed by atoms with E-state index >= 15 is 0 Å². The van der Waals surface area contributed by atoms with Gasteiger partial charge in [-0.05, 0) is 11.1 Å². The SMILES string of the molecule is CCC1=N[C@@H](C(O)(Cc2ccccc2)Cc2ccccc2)CO1. The first-order chi connectivity index (χ1) is 11.2. The van der Waals surface area contributed by atoms with Gasteiger partial charge < -0.3 is 9.84 Å². The number of nitrogens with zero attached hydrogens (tertiary/aromatic N) is 1. The average molecular weight is 309 g/mol. The Labute approximate surface area is 137 Å². The summed E-state index contributed by atoms with van der Waals surface area (Å²) < 4.78 is 5.63. The zero-order chi connectivity index (χ0) is 16.1. The fourth-order valence-electron chi connectivity index (χ4n) is 3.09. The second-order valence-electron chi connectivity index (χ2n) is 6.13. The first kappa shape index (κ1) is 15.8. The van der Waals surface area contributed by atoms with Crippen LogP contribution in [0.4, 0.5) is 0 Å². The van der Waals surface area contributed by atoms with Gasteiger partial charge in [-0.1, -0.05) is 67.6 Å². The molecule has 0 unspecified atom stereocenters. The van der Waals surface area contributed by atoms with Gasteiger partial charge in [-0.15, -0.1) is 0 Å². The van der Waals surface area contributed by atoms with E-state index < -0.39 is 5.60 Å². The fraction of sp³-hybridized carbons (Fsp3) is 0.350. The molecule has 3 nitrogen and oxygen atoms in total. The molecule has 0 aliphatic carbocycles. The van der Waals surface area contributed by atoms with E-state index in [0.717, 1.165) is 23.4 Å². The highest BCUT2D eigenvalue weighted by atomic mass is 16.5. The molecule has 23 heavy (non-hydrogen) atoms. The van der Waals surface area contributed by atoms with E-state index in [9.17, 15) is 5.11 Å². The van der Waals surface area contributed by atoms with Gasteiger partial charge in [-0.3, -0.25) is 0 Å². The minimum atomic E-state index is -0.945. The first-order valence-corrected chi connectivity index (χ1v) is 8.19. The van der Waals surface area contributed by atoms with Crippen LogP contribution in [0.5, 0.6) is 0 Å². The zero-order valence-electron chi connectivity index (χ0n) is 13.5. The number of hydrogen-bond acceptors (Lipinski definition) is 3. The predicted molar refractivity (Wildman–Crippen MR) is 92.7 cm³/mol. The second-order valence-corrected chi connectivity index (χ2v) is 6.13. The predicted octanol–water partition coefficient (Wildman–Crippen LogP) is 3.41. The summed E-state index contributed by atoms with van der Waals surface area (Å²) >= 11 is 0. The quantitative estimate of drug-likeness (QED) is 0.888. The molecule has 0 aromatic heterocycles. The lowest BCUT2D eigenvalue weighted by atomic mass is 9.82. The molecule has 1 atom stereocenters. The van der Waals surface area contributed by atoms with E-state index in [1.54, 1.807) is 0 Å². The third-order valence-corrected chi connectivity index (χ3v) is 4.34. The van der Waals surface area contributed by atoms with Crippen LogP contribution in [0.2, 0.25) is 0 Å². The molecule has 0 saturated carbocycles. The molecule has 0 fully saturated rings. The van der Waals surface area contributed by atoms with Crippen LogP contribution in [0.15, 0.2) is 65.7 Å². The van der Waals surface area contributed by atoms with Crippen molar-refractivity contribution in [3.05, 3.63) is 71.8 Å². The maximum Gasteiger partial charge on any atom is 0.183 e. The molecule has 1 heterocycles. The Bertz CT molecular complexity index is 610. The van der Waals surface area contributed by atoms with Crippen molar-refractivity contribution in [1.82, 2.24) is 0 Å². The van der Waals surface area contributed by atoms with Crippen molar-refractivity contribution >= 4 is 5.90 Å². The zero-order valence-corrected chi connectivity index (χ0v) is 13.5. The molecule has 2 aromatic carbocycles. The van der Waals surface area contributed by atoms with Gasteiger partial charge in [0.1, 0.15) is 12.6 Å². The van der Waals surface area contributed by atoms with Gasteiger partial charge in [0.2, 0.25) is 0 Å². The highest BCUT2D eigenvalue weighted by Gasteiger charge is 2.40. The first-order valence-electron chi connectivity index (χ1n) is 8.19. The van der Waals surface area contributed by atoms with Crippen molar-refractivity contribution in [1.29, 1.82) is 0 Å². The summed E-state index contributed by atoms with van der Waals surface area (Å²) in [5, 5.41) is 11.4. The molecule has 1 aliphatic rings. The number of benzene rings is 2. The standard InChI is InChI=1S/C20H23NO2/c1-2-19-21-18(15-23-19)20(22,13-16-9-5-3-6-10-16)14-17-11-7-4-8-12-17/h3-12,18,22H,2,13-15H2,1H3/t18-/m1/s1. The van der Waals surface area contributed by atoms with E-state index in [2.05, 4.69) is 29.3 Å². The van der Waals surface area contributed by atoms with Gasteiger partial charge >= 0.3 is 0 Å². The number of ether oxygens (including phenoxy) is 1. The molecule has 3 rings (SSSR count). The smallest absolute Gasteiger partial charge is 0.183 e.